The molecule has 0 unspecified atom stereocenters. The van der Waals surface area contributed by atoms with Gasteiger partial charge in [0.05, 0.1) is 23.6 Å². The molecule has 1 atom stereocenters. The minimum atomic E-state index is -0.810. The van der Waals surface area contributed by atoms with E-state index >= 15 is 0 Å². The van der Waals surface area contributed by atoms with Crippen LogP contribution in [0.15, 0.2) is 39.8 Å². The second kappa shape index (κ2) is 8.50. The standard InChI is InChI=1S/C24H20FN5O5/c1-12-14(3-4-15-17(12)11-34-23(15)32)20(31)9-27-7-13-8-28-30(10-13)19-5-18(25)22-21(16(19)6-26)29(2)24(33)35-22/h3-5,8,10,20,27,31H,7,9,11H2,1-2H3/t20-/m0/s1. The van der Waals surface area contributed by atoms with Crippen LogP contribution < -0.4 is 11.1 Å². The molecule has 0 bridgehead atoms. The molecule has 1 aliphatic heterocycles. The molecule has 0 saturated carbocycles. The van der Waals surface area contributed by atoms with Crippen molar-refractivity contribution < 1.29 is 23.4 Å². The van der Waals surface area contributed by atoms with Gasteiger partial charge in [-0.05, 0) is 24.1 Å². The number of oxazole rings is 1. The molecule has 178 valence electrons. The molecule has 10 nitrogen and oxygen atoms in total. The fourth-order valence-electron chi connectivity index (χ4n) is 4.34. The number of ether oxygens (including phenoxy) is 1. The summed E-state index contributed by atoms with van der Waals surface area (Å²) in [5, 5.41) is 27.7. The van der Waals surface area contributed by atoms with Gasteiger partial charge in [0.15, 0.2) is 11.4 Å². The summed E-state index contributed by atoms with van der Waals surface area (Å²) in [6.07, 6.45) is 2.37. The van der Waals surface area contributed by atoms with E-state index in [1.165, 1.54) is 11.7 Å². The van der Waals surface area contributed by atoms with Gasteiger partial charge in [0.1, 0.15) is 23.8 Å². The van der Waals surface area contributed by atoms with Gasteiger partial charge in [-0.2, -0.15) is 10.4 Å². The molecule has 0 aliphatic carbocycles. The zero-order valence-electron chi connectivity index (χ0n) is 18.8. The number of carbonyl (C=O) groups is 1. The van der Waals surface area contributed by atoms with E-state index in [0.29, 0.717) is 17.7 Å². The number of nitrogens with one attached hydrogen (secondary N) is 1. The van der Waals surface area contributed by atoms with Crippen LogP contribution in [0, 0.1) is 24.1 Å². The van der Waals surface area contributed by atoms with Gasteiger partial charge in [-0.1, -0.05) is 6.07 Å². The van der Waals surface area contributed by atoms with Crippen LogP contribution >= 0.6 is 0 Å². The van der Waals surface area contributed by atoms with Crippen molar-refractivity contribution in [3.8, 4) is 11.8 Å². The van der Waals surface area contributed by atoms with Crippen molar-refractivity contribution in [2.45, 2.75) is 26.2 Å². The van der Waals surface area contributed by atoms with Crippen LogP contribution in [0.3, 0.4) is 0 Å². The Balaban J connectivity index is 1.32. The van der Waals surface area contributed by atoms with E-state index in [0.717, 1.165) is 27.3 Å². The van der Waals surface area contributed by atoms with Crippen molar-refractivity contribution in [1.82, 2.24) is 19.7 Å². The van der Waals surface area contributed by atoms with Crippen molar-refractivity contribution in [3.05, 3.63) is 80.3 Å². The summed E-state index contributed by atoms with van der Waals surface area (Å²) in [5.41, 5.74) is 3.59. The van der Waals surface area contributed by atoms with E-state index in [1.54, 1.807) is 24.5 Å². The maximum atomic E-state index is 14.6. The first-order valence-corrected chi connectivity index (χ1v) is 10.7. The van der Waals surface area contributed by atoms with E-state index < -0.39 is 17.7 Å². The van der Waals surface area contributed by atoms with Gasteiger partial charge in [-0.25, -0.2) is 18.7 Å². The molecule has 0 radical (unpaired) electrons. The Morgan fingerprint density at radius 1 is 1.37 bits per heavy atom. The summed E-state index contributed by atoms with van der Waals surface area (Å²) in [4.78, 5) is 23.5. The van der Waals surface area contributed by atoms with Crippen LogP contribution in [-0.4, -0.2) is 32.0 Å². The number of fused-ring (bicyclic) bond motifs is 2. The molecule has 0 saturated heterocycles. The van der Waals surface area contributed by atoms with Crippen LogP contribution in [0.4, 0.5) is 4.39 Å². The van der Waals surface area contributed by atoms with Gasteiger partial charge in [0.25, 0.3) is 0 Å². The summed E-state index contributed by atoms with van der Waals surface area (Å²) >= 11 is 0. The molecule has 0 fully saturated rings. The predicted molar refractivity (Wildman–Crippen MR) is 120 cm³/mol. The molecule has 5 rings (SSSR count). The highest BCUT2D eigenvalue weighted by Crippen LogP contribution is 2.29. The second-order valence-corrected chi connectivity index (χ2v) is 8.29. The van der Waals surface area contributed by atoms with Crippen molar-refractivity contribution >= 4 is 17.1 Å². The van der Waals surface area contributed by atoms with E-state index in [1.807, 2.05) is 13.0 Å². The number of aliphatic hydroxyl groups is 1. The zero-order chi connectivity index (χ0) is 24.9. The Labute approximate surface area is 197 Å². The third-order valence-electron chi connectivity index (χ3n) is 6.22. The van der Waals surface area contributed by atoms with E-state index in [4.69, 9.17) is 9.15 Å². The number of aromatic nitrogens is 3. The van der Waals surface area contributed by atoms with Gasteiger partial charge >= 0.3 is 11.7 Å². The molecule has 3 heterocycles. The van der Waals surface area contributed by atoms with Gasteiger partial charge in [-0.3, -0.25) is 4.57 Å². The lowest BCUT2D eigenvalue weighted by Gasteiger charge is -2.16. The monoisotopic (exact) mass is 477 g/mol. The molecule has 0 spiro atoms. The molecule has 11 heteroatoms. The van der Waals surface area contributed by atoms with Crippen LogP contribution in [0.2, 0.25) is 0 Å². The number of esters is 1. The first-order valence-electron chi connectivity index (χ1n) is 10.7. The van der Waals surface area contributed by atoms with E-state index in [9.17, 15) is 24.3 Å². The molecule has 2 N–H and O–H groups in total. The number of aryl methyl sites for hydroxylation is 1. The summed E-state index contributed by atoms with van der Waals surface area (Å²) in [6, 6.07) is 6.49. The summed E-state index contributed by atoms with van der Waals surface area (Å²) in [7, 11) is 1.40. The Bertz CT molecular complexity index is 1590. The lowest BCUT2D eigenvalue weighted by molar-refractivity contribution is 0.0535. The number of aliphatic hydroxyl groups excluding tert-OH is 1. The first kappa shape index (κ1) is 22.5. The molecule has 0 amide bonds. The normalized spacial score (nSPS) is 13.6. The quantitative estimate of drug-likeness (QED) is 0.403. The Morgan fingerprint density at radius 3 is 2.94 bits per heavy atom. The number of benzene rings is 2. The van der Waals surface area contributed by atoms with Gasteiger partial charge in [0, 0.05) is 43.5 Å². The summed E-state index contributed by atoms with van der Waals surface area (Å²) < 4.78 is 27.0. The Hall–Kier alpha value is -4.27. The van der Waals surface area contributed by atoms with Gasteiger partial charge < -0.3 is 19.6 Å². The number of cyclic esters (lactones) is 1. The minimum Gasteiger partial charge on any atom is -0.457 e. The number of nitrogens with zero attached hydrogens (tertiary/aromatic N) is 4. The van der Waals surface area contributed by atoms with Crippen molar-refractivity contribution in [3.63, 3.8) is 0 Å². The molecular formula is C24H20FN5O5. The molecule has 1 aliphatic rings. The predicted octanol–water partition coefficient (Wildman–Crippen LogP) is 2.13. The lowest BCUT2D eigenvalue weighted by Crippen LogP contribution is -2.21. The number of nitriles is 1. The number of hydrogen-bond donors (Lipinski definition) is 2. The highest BCUT2D eigenvalue weighted by molar-refractivity contribution is 5.94. The van der Waals surface area contributed by atoms with Crippen LogP contribution in [-0.2, 0) is 24.9 Å². The zero-order valence-corrected chi connectivity index (χ0v) is 18.8. The highest BCUT2D eigenvalue weighted by Gasteiger charge is 2.25. The topological polar surface area (TPSA) is 135 Å². The average molecular weight is 477 g/mol. The minimum absolute atomic E-state index is 0.0577. The number of carbonyl (C=O) groups excluding carboxylic acids is 1. The fourth-order valence-corrected chi connectivity index (χ4v) is 4.34. The van der Waals surface area contributed by atoms with Crippen LogP contribution in [0.25, 0.3) is 16.8 Å². The number of halogens is 1. The number of rotatable bonds is 6. The Kier molecular flexibility index (Phi) is 5.47. The fraction of sp³-hybridized carbons (Fsp3) is 0.250. The van der Waals surface area contributed by atoms with Crippen LogP contribution in [0.1, 0.15) is 44.3 Å². The van der Waals surface area contributed by atoms with Crippen molar-refractivity contribution in [1.29, 1.82) is 5.26 Å². The van der Waals surface area contributed by atoms with Gasteiger partial charge in [-0.15, -0.1) is 0 Å². The molecule has 4 aromatic rings. The molecular weight excluding hydrogens is 457 g/mol. The largest absolute Gasteiger partial charge is 0.457 e. The third-order valence-corrected chi connectivity index (χ3v) is 6.22. The SMILES string of the molecule is Cc1c([C@@H](O)CNCc2cnn(-c3cc(F)c4oc(=O)n(C)c4c3C#N)c2)ccc2c1COC2=O. The summed E-state index contributed by atoms with van der Waals surface area (Å²) in [6.45, 7) is 2.64. The van der Waals surface area contributed by atoms with Gasteiger partial charge in [0.2, 0.25) is 0 Å². The van der Waals surface area contributed by atoms with Crippen molar-refractivity contribution in [2.75, 3.05) is 6.54 Å². The van der Waals surface area contributed by atoms with Crippen molar-refractivity contribution in [2.24, 2.45) is 7.05 Å². The third kappa shape index (κ3) is 3.69. The number of hydrogen-bond acceptors (Lipinski definition) is 8. The second-order valence-electron chi connectivity index (χ2n) is 8.29. The maximum absolute atomic E-state index is 14.6. The van der Waals surface area contributed by atoms with E-state index in [2.05, 4.69) is 10.4 Å². The first-order chi connectivity index (χ1) is 16.8. The summed E-state index contributed by atoms with van der Waals surface area (Å²) in [5.74, 6) is -1.90. The Morgan fingerprint density at radius 2 is 2.17 bits per heavy atom. The van der Waals surface area contributed by atoms with E-state index in [-0.39, 0.29) is 41.5 Å². The molecule has 35 heavy (non-hydrogen) atoms. The molecule has 2 aromatic heterocycles. The van der Waals surface area contributed by atoms with Crippen LogP contribution in [0.5, 0.6) is 0 Å². The smallest absolute Gasteiger partial charge is 0.419 e. The lowest BCUT2D eigenvalue weighted by atomic mass is 9.95. The maximum Gasteiger partial charge on any atom is 0.419 e. The highest BCUT2D eigenvalue weighted by atomic mass is 19.1. The molecule has 2 aromatic carbocycles. The average Bonchev–Trinajstić information content (AvgIpc) is 3.53.